The summed E-state index contributed by atoms with van der Waals surface area (Å²) in [6.45, 7) is 12.9. The van der Waals surface area contributed by atoms with E-state index in [1.807, 2.05) is 0 Å². The molecule has 2 rings (SSSR count). The van der Waals surface area contributed by atoms with Crippen LogP contribution in [-0.2, 0) is 4.74 Å². The monoisotopic (exact) mass is 352 g/mol. The fourth-order valence-electron chi connectivity index (χ4n) is 4.07. The summed E-state index contributed by atoms with van der Waals surface area (Å²) in [7, 11) is 1.80. The highest BCUT2D eigenvalue weighted by molar-refractivity contribution is 5.79. The summed E-state index contributed by atoms with van der Waals surface area (Å²) < 4.78 is 5.30. The fraction of sp³-hybridized carbons (Fsp3) is 0.950. The standard InChI is InChI=1S/C20H40N4O/c1-5-21-19(23-16-20(9-7-10-20)11-13-25-4)22-14-18(3)24-12-6-8-17(2)15-24/h17-18H,5-16H2,1-4H3,(H2,21,22,23). The van der Waals surface area contributed by atoms with Crippen molar-refractivity contribution in [2.75, 3.05) is 46.4 Å². The molecule has 2 atom stereocenters. The lowest BCUT2D eigenvalue weighted by molar-refractivity contribution is 0.0778. The number of piperidine rings is 1. The number of hydrogen-bond acceptors (Lipinski definition) is 3. The second kappa shape index (κ2) is 10.4. The summed E-state index contributed by atoms with van der Waals surface area (Å²) in [5.74, 6) is 1.81. The number of methoxy groups -OCH3 is 1. The fourth-order valence-corrected chi connectivity index (χ4v) is 4.07. The SMILES string of the molecule is CCNC(=NCC1(CCOC)CCC1)NCC(C)N1CCCC(C)C1. The largest absolute Gasteiger partial charge is 0.385 e. The van der Waals surface area contributed by atoms with Crippen molar-refractivity contribution < 1.29 is 4.74 Å². The van der Waals surface area contributed by atoms with Crippen molar-refractivity contribution in [3.8, 4) is 0 Å². The second-order valence-corrected chi connectivity index (χ2v) is 8.26. The van der Waals surface area contributed by atoms with Gasteiger partial charge in [-0.15, -0.1) is 0 Å². The molecule has 0 aromatic carbocycles. The number of ether oxygens (including phenoxy) is 1. The Kier molecular flexibility index (Phi) is 8.50. The van der Waals surface area contributed by atoms with Gasteiger partial charge in [-0.25, -0.2) is 0 Å². The van der Waals surface area contributed by atoms with Crippen LogP contribution < -0.4 is 10.6 Å². The number of aliphatic imine (C=N–C) groups is 1. The zero-order chi connectivity index (χ0) is 18.1. The molecule has 5 heteroatoms. The van der Waals surface area contributed by atoms with Crippen LogP contribution in [0.25, 0.3) is 0 Å². The lowest BCUT2D eigenvalue weighted by Crippen LogP contribution is -2.49. The van der Waals surface area contributed by atoms with Gasteiger partial charge in [0.1, 0.15) is 0 Å². The average molecular weight is 353 g/mol. The van der Waals surface area contributed by atoms with Crippen LogP contribution >= 0.6 is 0 Å². The van der Waals surface area contributed by atoms with Gasteiger partial charge in [0, 0.05) is 45.9 Å². The topological polar surface area (TPSA) is 48.9 Å². The van der Waals surface area contributed by atoms with E-state index in [-0.39, 0.29) is 0 Å². The molecule has 0 amide bonds. The molecule has 1 heterocycles. The van der Waals surface area contributed by atoms with Gasteiger partial charge >= 0.3 is 0 Å². The first-order valence-electron chi connectivity index (χ1n) is 10.3. The molecule has 2 unspecified atom stereocenters. The third-order valence-corrected chi connectivity index (χ3v) is 6.04. The van der Waals surface area contributed by atoms with Gasteiger partial charge in [0.05, 0.1) is 0 Å². The zero-order valence-corrected chi connectivity index (χ0v) is 16.9. The Morgan fingerprint density at radius 2 is 2.12 bits per heavy atom. The predicted molar refractivity (Wildman–Crippen MR) is 106 cm³/mol. The van der Waals surface area contributed by atoms with E-state index in [1.165, 1.54) is 45.2 Å². The van der Waals surface area contributed by atoms with Gasteiger partial charge < -0.3 is 15.4 Å². The van der Waals surface area contributed by atoms with Crippen LogP contribution in [0.5, 0.6) is 0 Å². The van der Waals surface area contributed by atoms with Crippen LogP contribution in [0.2, 0.25) is 0 Å². The molecule has 0 radical (unpaired) electrons. The third-order valence-electron chi connectivity index (χ3n) is 6.04. The van der Waals surface area contributed by atoms with Crippen LogP contribution in [0, 0.1) is 11.3 Å². The lowest BCUT2D eigenvalue weighted by atomic mass is 9.67. The summed E-state index contributed by atoms with van der Waals surface area (Å²) in [5.41, 5.74) is 0.381. The van der Waals surface area contributed by atoms with Crippen molar-refractivity contribution in [3.05, 3.63) is 0 Å². The van der Waals surface area contributed by atoms with Crippen LogP contribution in [-0.4, -0.2) is 63.3 Å². The summed E-state index contributed by atoms with van der Waals surface area (Å²) in [6, 6.07) is 0.553. The van der Waals surface area contributed by atoms with Gasteiger partial charge in [-0.05, 0) is 63.8 Å². The Labute approximate surface area is 155 Å². The molecule has 5 nitrogen and oxygen atoms in total. The van der Waals surface area contributed by atoms with Gasteiger partial charge in [0.25, 0.3) is 0 Å². The number of nitrogens with one attached hydrogen (secondary N) is 2. The van der Waals surface area contributed by atoms with Crippen molar-refractivity contribution in [1.82, 2.24) is 15.5 Å². The van der Waals surface area contributed by atoms with Crippen LogP contribution in [0.1, 0.15) is 59.3 Å². The van der Waals surface area contributed by atoms with Crippen LogP contribution in [0.3, 0.4) is 0 Å². The molecular formula is C20H40N4O. The first-order valence-corrected chi connectivity index (χ1v) is 10.3. The molecular weight excluding hydrogens is 312 g/mol. The third kappa shape index (κ3) is 6.45. The molecule has 2 fully saturated rings. The van der Waals surface area contributed by atoms with E-state index in [4.69, 9.17) is 9.73 Å². The molecule has 0 aromatic heterocycles. The number of nitrogens with zero attached hydrogens (tertiary/aromatic N) is 2. The smallest absolute Gasteiger partial charge is 0.191 e. The number of likely N-dealkylation sites (tertiary alicyclic amines) is 1. The number of guanidine groups is 1. The van der Waals surface area contributed by atoms with E-state index in [9.17, 15) is 0 Å². The highest BCUT2D eigenvalue weighted by Crippen LogP contribution is 2.44. The van der Waals surface area contributed by atoms with Crippen LogP contribution in [0.4, 0.5) is 0 Å². The summed E-state index contributed by atoms with van der Waals surface area (Å²) >= 11 is 0. The maximum atomic E-state index is 5.30. The molecule has 0 bridgehead atoms. The molecule has 0 aromatic rings. The first kappa shape index (κ1) is 20.5. The maximum absolute atomic E-state index is 5.30. The van der Waals surface area contributed by atoms with E-state index in [0.29, 0.717) is 11.5 Å². The van der Waals surface area contributed by atoms with Crippen LogP contribution in [0.15, 0.2) is 4.99 Å². The van der Waals surface area contributed by atoms with Gasteiger partial charge in [0.15, 0.2) is 5.96 Å². The summed E-state index contributed by atoms with van der Waals surface area (Å²) in [5, 5.41) is 6.99. The molecule has 1 aliphatic carbocycles. The molecule has 146 valence electrons. The van der Waals surface area contributed by atoms with Gasteiger partial charge in [-0.3, -0.25) is 9.89 Å². The van der Waals surface area contributed by atoms with Gasteiger partial charge in [-0.2, -0.15) is 0 Å². The normalized spacial score (nSPS) is 25.3. The van der Waals surface area contributed by atoms with Crippen molar-refractivity contribution in [1.29, 1.82) is 0 Å². The Bertz CT molecular complexity index is 409. The zero-order valence-electron chi connectivity index (χ0n) is 16.9. The second-order valence-electron chi connectivity index (χ2n) is 8.26. The molecule has 0 spiro atoms. The highest BCUT2D eigenvalue weighted by Gasteiger charge is 2.36. The Morgan fingerprint density at radius 1 is 1.32 bits per heavy atom. The lowest BCUT2D eigenvalue weighted by Gasteiger charge is -2.41. The molecule has 25 heavy (non-hydrogen) atoms. The average Bonchev–Trinajstić information content (AvgIpc) is 2.58. The maximum Gasteiger partial charge on any atom is 0.191 e. The highest BCUT2D eigenvalue weighted by atomic mass is 16.5. The quantitative estimate of drug-likeness (QED) is 0.495. The molecule has 2 N–H and O–H groups in total. The molecule has 2 aliphatic rings. The molecule has 1 aliphatic heterocycles. The van der Waals surface area contributed by atoms with E-state index in [0.717, 1.165) is 44.5 Å². The van der Waals surface area contributed by atoms with Crippen molar-refractivity contribution in [2.45, 2.75) is 65.3 Å². The van der Waals surface area contributed by atoms with Gasteiger partial charge in [-0.1, -0.05) is 13.3 Å². The van der Waals surface area contributed by atoms with E-state index >= 15 is 0 Å². The molecule has 1 saturated heterocycles. The van der Waals surface area contributed by atoms with Crippen molar-refractivity contribution in [3.63, 3.8) is 0 Å². The first-order chi connectivity index (χ1) is 12.1. The van der Waals surface area contributed by atoms with Gasteiger partial charge in [0.2, 0.25) is 0 Å². The summed E-state index contributed by atoms with van der Waals surface area (Å²) in [6.07, 6.45) is 7.77. The Hall–Kier alpha value is -0.810. The van der Waals surface area contributed by atoms with E-state index in [1.54, 1.807) is 7.11 Å². The molecule has 1 saturated carbocycles. The Morgan fingerprint density at radius 3 is 2.72 bits per heavy atom. The Balaban J connectivity index is 1.82. The minimum absolute atomic E-state index is 0.381. The van der Waals surface area contributed by atoms with Crippen molar-refractivity contribution in [2.24, 2.45) is 16.3 Å². The minimum Gasteiger partial charge on any atom is -0.385 e. The summed E-state index contributed by atoms with van der Waals surface area (Å²) in [4.78, 5) is 7.53. The number of rotatable bonds is 9. The minimum atomic E-state index is 0.381. The van der Waals surface area contributed by atoms with E-state index in [2.05, 4.69) is 36.3 Å². The van der Waals surface area contributed by atoms with Crippen molar-refractivity contribution >= 4 is 5.96 Å². The predicted octanol–water partition coefficient (Wildman–Crippen LogP) is 2.87. The number of hydrogen-bond donors (Lipinski definition) is 2. The van der Waals surface area contributed by atoms with E-state index < -0.39 is 0 Å².